The smallest absolute Gasteiger partial charge is 0.319 e. The molecule has 90 valence electrons. The van der Waals surface area contributed by atoms with Crippen molar-refractivity contribution in [3.63, 3.8) is 0 Å². The van der Waals surface area contributed by atoms with Gasteiger partial charge in [-0.3, -0.25) is 0 Å². The SMILES string of the molecule is CCOc1ccnc(OCCNC(C)C)n1. The Bertz CT molecular complexity index is 305. The molecule has 0 unspecified atom stereocenters. The highest BCUT2D eigenvalue weighted by Gasteiger charge is 2.00. The predicted octanol–water partition coefficient (Wildman–Crippen LogP) is 1.25. The van der Waals surface area contributed by atoms with Crippen LogP contribution < -0.4 is 14.8 Å². The highest BCUT2D eigenvalue weighted by molar-refractivity contribution is 5.10. The molecule has 1 aromatic heterocycles. The van der Waals surface area contributed by atoms with E-state index in [4.69, 9.17) is 9.47 Å². The van der Waals surface area contributed by atoms with Crippen LogP contribution in [0, 0.1) is 0 Å². The molecule has 1 rings (SSSR count). The average Bonchev–Trinajstić information content (AvgIpc) is 2.25. The number of aromatic nitrogens is 2. The fourth-order valence-corrected chi connectivity index (χ4v) is 1.11. The van der Waals surface area contributed by atoms with Gasteiger partial charge in [-0.1, -0.05) is 13.8 Å². The third-order valence-corrected chi connectivity index (χ3v) is 1.79. The van der Waals surface area contributed by atoms with E-state index in [1.54, 1.807) is 12.3 Å². The molecule has 5 heteroatoms. The lowest BCUT2D eigenvalue weighted by molar-refractivity contribution is 0.272. The molecule has 0 radical (unpaired) electrons. The van der Waals surface area contributed by atoms with Gasteiger partial charge in [0.1, 0.15) is 6.61 Å². The molecule has 0 saturated heterocycles. The van der Waals surface area contributed by atoms with Crippen LogP contribution >= 0.6 is 0 Å². The number of hydrogen-bond donors (Lipinski definition) is 1. The van der Waals surface area contributed by atoms with Crippen LogP contribution in [0.5, 0.6) is 11.9 Å². The summed E-state index contributed by atoms with van der Waals surface area (Å²) in [7, 11) is 0. The minimum absolute atomic E-state index is 0.358. The Hall–Kier alpha value is -1.36. The zero-order valence-electron chi connectivity index (χ0n) is 10.1. The van der Waals surface area contributed by atoms with Gasteiger partial charge in [0.05, 0.1) is 6.61 Å². The Labute approximate surface area is 96.2 Å². The van der Waals surface area contributed by atoms with Gasteiger partial charge in [0, 0.05) is 24.8 Å². The van der Waals surface area contributed by atoms with E-state index in [1.807, 2.05) is 6.92 Å². The summed E-state index contributed by atoms with van der Waals surface area (Å²) in [4.78, 5) is 8.09. The second kappa shape index (κ2) is 7.00. The van der Waals surface area contributed by atoms with Gasteiger partial charge in [-0.25, -0.2) is 4.98 Å². The summed E-state index contributed by atoms with van der Waals surface area (Å²) in [5.74, 6) is 0.546. The first-order valence-corrected chi connectivity index (χ1v) is 5.54. The van der Waals surface area contributed by atoms with E-state index in [0.29, 0.717) is 31.1 Å². The summed E-state index contributed by atoms with van der Waals surface area (Å²) in [5.41, 5.74) is 0. The number of nitrogens with zero attached hydrogens (tertiary/aromatic N) is 2. The minimum atomic E-state index is 0.358. The topological polar surface area (TPSA) is 56.3 Å². The molecular weight excluding hydrogens is 206 g/mol. The van der Waals surface area contributed by atoms with Gasteiger partial charge >= 0.3 is 6.01 Å². The second-order valence-corrected chi connectivity index (χ2v) is 3.57. The Morgan fingerprint density at radius 2 is 2.19 bits per heavy atom. The third-order valence-electron chi connectivity index (χ3n) is 1.79. The molecule has 1 heterocycles. The summed E-state index contributed by atoms with van der Waals surface area (Å²) in [6, 6.07) is 2.53. The third kappa shape index (κ3) is 4.93. The maximum atomic E-state index is 5.38. The fraction of sp³-hybridized carbons (Fsp3) is 0.636. The van der Waals surface area contributed by atoms with Crippen molar-refractivity contribution in [1.82, 2.24) is 15.3 Å². The van der Waals surface area contributed by atoms with Gasteiger partial charge < -0.3 is 14.8 Å². The van der Waals surface area contributed by atoms with Crippen molar-refractivity contribution in [3.8, 4) is 11.9 Å². The maximum absolute atomic E-state index is 5.38. The van der Waals surface area contributed by atoms with Crippen molar-refractivity contribution in [2.45, 2.75) is 26.8 Å². The molecule has 1 aromatic rings. The Morgan fingerprint density at radius 1 is 1.38 bits per heavy atom. The molecule has 0 aliphatic rings. The monoisotopic (exact) mass is 225 g/mol. The molecule has 0 atom stereocenters. The van der Waals surface area contributed by atoms with Crippen molar-refractivity contribution in [2.24, 2.45) is 0 Å². The second-order valence-electron chi connectivity index (χ2n) is 3.57. The van der Waals surface area contributed by atoms with E-state index in [2.05, 4.69) is 29.1 Å². The van der Waals surface area contributed by atoms with Gasteiger partial charge in [-0.05, 0) is 6.92 Å². The maximum Gasteiger partial charge on any atom is 0.319 e. The van der Waals surface area contributed by atoms with Crippen molar-refractivity contribution in [3.05, 3.63) is 12.3 Å². The summed E-state index contributed by atoms with van der Waals surface area (Å²) < 4.78 is 10.6. The van der Waals surface area contributed by atoms with Crippen LogP contribution in [0.3, 0.4) is 0 Å². The summed E-state index contributed by atoms with van der Waals surface area (Å²) >= 11 is 0. The lowest BCUT2D eigenvalue weighted by Crippen LogP contribution is -2.27. The first-order valence-electron chi connectivity index (χ1n) is 5.54. The van der Waals surface area contributed by atoms with Crippen LogP contribution in [0.1, 0.15) is 20.8 Å². The normalized spacial score (nSPS) is 10.5. The van der Waals surface area contributed by atoms with Gasteiger partial charge in [0.15, 0.2) is 0 Å². The Balaban J connectivity index is 2.33. The van der Waals surface area contributed by atoms with Crippen LogP contribution in [-0.4, -0.2) is 35.8 Å². The molecule has 0 bridgehead atoms. The lowest BCUT2D eigenvalue weighted by Gasteiger charge is -2.09. The van der Waals surface area contributed by atoms with Gasteiger partial charge in [0.25, 0.3) is 0 Å². The van der Waals surface area contributed by atoms with Crippen molar-refractivity contribution < 1.29 is 9.47 Å². The summed E-state index contributed by atoms with van der Waals surface area (Å²) in [6.07, 6.45) is 1.63. The lowest BCUT2D eigenvalue weighted by atomic mass is 10.4. The summed E-state index contributed by atoms with van der Waals surface area (Å²) in [6.45, 7) is 8.01. The zero-order valence-corrected chi connectivity index (χ0v) is 10.1. The van der Waals surface area contributed by atoms with E-state index in [9.17, 15) is 0 Å². The molecular formula is C11H19N3O2. The van der Waals surface area contributed by atoms with E-state index in [0.717, 1.165) is 6.54 Å². The molecule has 16 heavy (non-hydrogen) atoms. The van der Waals surface area contributed by atoms with E-state index in [-0.39, 0.29) is 0 Å². The first kappa shape index (κ1) is 12.7. The number of nitrogens with one attached hydrogen (secondary N) is 1. The quantitative estimate of drug-likeness (QED) is 0.708. The van der Waals surface area contributed by atoms with Gasteiger partial charge in [-0.2, -0.15) is 4.98 Å². The van der Waals surface area contributed by atoms with Crippen LogP contribution in [0.2, 0.25) is 0 Å². The predicted molar refractivity (Wildman–Crippen MR) is 61.8 cm³/mol. The Morgan fingerprint density at radius 3 is 2.88 bits per heavy atom. The molecule has 1 N–H and O–H groups in total. The number of ether oxygens (including phenoxy) is 2. The molecule has 0 amide bonds. The zero-order chi connectivity index (χ0) is 11.8. The van der Waals surface area contributed by atoms with Crippen LogP contribution in [0.25, 0.3) is 0 Å². The number of rotatable bonds is 7. The summed E-state index contributed by atoms with van der Waals surface area (Å²) in [5, 5.41) is 3.24. The molecule has 0 fully saturated rings. The number of hydrogen-bond acceptors (Lipinski definition) is 5. The van der Waals surface area contributed by atoms with E-state index >= 15 is 0 Å². The Kier molecular flexibility index (Phi) is 5.56. The molecule has 0 saturated carbocycles. The van der Waals surface area contributed by atoms with Crippen LogP contribution in [-0.2, 0) is 0 Å². The highest BCUT2D eigenvalue weighted by atomic mass is 16.5. The van der Waals surface area contributed by atoms with E-state index in [1.165, 1.54) is 0 Å². The van der Waals surface area contributed by atoms with Crippen molar-refractivity contribution >= 4 is 0 Å². The van der Waals surface area contributed by atoms with E-state index < -0.39 is 0 Å². The largest absolute Gasteiger partial charge is 0.478 e. The van der Waals surface area contributed by atoms with Crippen LogP contribution in [0.15, 0.2) is 12.3 Å². The van der Waals surface area contributed by atoms with Gasteiger partial charge in [-0.15, -0.1) is 0 Å². The molecule has 5 nitrogen and oxygen atoms in total. The molecule has 0 aliphatic heterocycles. The van der Waals surface area contributed by atoms with Crippen molar-refractivity contribution in [2.75, 3.05) is 19.8 Å². The fourth-order valence-electron chi connectivity index (χ4n) is 1.11. The van der Waals surface area contributed by atoms with Crippen LogP contribution in [0.4, 0.5) is 0 Å². The average molecular weight is 225 g/mol. The van der Waals surface area contributed by atoms with Gasteiger partial charge in [0.2, 0.25) is 5.88 Å². The minimum Gasteiger partial charge on any atom is -0.478 e. The molecule has 0 aliphatic carbocycles. The first-order chi connectivity index (χ1) is 7.72. The van der Waals surface area contributed by atoms with Crippen molar-refractivity contribution in [1.29, 1.82) is 0 Å². The molecule has 0 spiro atoms. The molecule has 0 aromatic carbocycles. The standard InChI is InChI=1S/C11H19N3O2/c1-4-15-10-5-6-13-11(14-10)16-8-7-12-9(2)3/h5-6,9,12H,4,7-8H2,1-3H3. The highest BCUT2D eigenvalue weighted by Crippen LogP contribution is 2.09.